The van der Waals surface area contributed by atoms with Crippen molar-refractivity contribution in [1.82, 2.24) is 0 Å². The van der Waals surface area contributed by atoms with Gasteiger partial charge in [-0.15, -0.1) is 0 Å². The first kappa shape index (κ1) is 13.6. The molecule has 0 radical (unpaired) electrons. The molecule has 0 nitrogen and oxygen atoms in total. The topological polar surface area (TPSA) is 0 Å². The number of hydrogen-bond donors (Lipinski definition) is 0. The summed E-state index contributed by atoms with van der Waals surface area (Å²) in [5.74, 6) is 0. The Morgan fingerprint density at radius 3 is 2.25 bits per heavy atom. The predicted molar refractivity (Wildman–Crippen MR) is 104 cm³/mol. The smallest absolute Gasteiger partial charge is 0.00604 e. The third-order valence-corrected chi connectivity index (χ3v) is 5.09. The normalized spacial score (nSPS) is 13.3. The highest BCUT2D eigenvalue weighted by atomic mass is 14.2. The largest absolute Gasteiger partial charge is 0.0683 e. The molecule has 0 spiro atoms. The van der Waals surface area contributed by atoms with Gasteiger partial charge in [-0.3, -0.25) is 0 Å². The van der Waals surface area contributed by atoms with Gasteiger partial charge in [0.25, 0.3) is 0 Å². The Bertz CT molecular complexity index is 1130. The zero-order valence-electron chi connectivity index (χ0n) is 13.7. The van der Waals surface area contributed by atoms with Gasteiger partial charge in [0.2, 0.25) is 0 Å². The van der Waals surface area contributed by atoms with Crippen LogP contribution in [0.1, 0.15) is 18.1 Å². The third-order valence-electron chi connectivity index (χ3n) is 5.09. The minimum atomic E-state index is 1.08. The maximum Gasteiger partial charge on any atom is -0.00604 e. The number of allylic oxidation sites excluding steroid dienone is 1. The molecule has 24 heavy (non-hydrogen) atoms. The second-order valence-electron chi connectivity index (χ2n) is 6.77. The Morgan fingerprint density at radius 2 is 1.38 bits per heavy atom. The van der Waals surface area contributed by atoms with Gasteiger partial charge in [0.15, 0.2) is 0 Å². The Morgan fingerprint density at radius 1 is 0.667 bits per heavy atom. The molecule has 5 rings (SSSR count). The predicted octanol–water partition coefficient (Wildman–Crippen LogP) is 6.62. The first-order chi connectivity index (χ1) is 11.8. The van der Waals surface area contributed by atoms with Crippen LogP contribution in [0.2, 0.25) is 0 Å². The fraction of sp³-hybridized carbons (Fsp3) is 0.0833. The first-order valence-corrected chi connectivity index (χ1v) is 8.50. The van der Waals surface area contributed by atoms with Crippen molar-refractivity contribution in [2.75, 3.05) is 0 Å². The molecule has 0 amide bonds. The van der Waals surface area contributed by atoms with Gasteiger partial charge in [0.1, 0.15) is 0 Å². The lowest BCUT2D eigenvalue weighted by atomic mass is 9.92. The highest BCUT2D eigenvalue weighted by Crippen LogP contribution is 2.38. The monoisotopic (exact) mass is 306 g/mol. The van der Waals surface area contributed by atoms with E-state index in [2.05, 4.69) is 85.8 Å². The summed E-state index contributed by atoms with van der Waals surface area (Å²) in [5.41, 5.74) is 6.98. The Balaban J connectivity index is 1.85. The summed E-state index contributed by atoms with van der Waals surface area (Å²) in [6.45, 7) is 2.22. The molecule has 0 N–H and O–H groups in total. The van der Waals surface area contributed by atoms with Crippen LogP contribution >= 0.6 is 0 Å². The zero-order valence-corrected chi connectivity index (χ0v) is 13.7. The van der Waals surface area contributed by atoms with E-state index in [0.29, 0.717) is 0 Å². The molecule has 0 saturated carbocycles. The number of fused-ring (bicyclic) bond motifs is 3. The summed E-state index contributed by atoms with van der Waals surface area (Å²) >= 11 is 0. The highest BCUT2D eigenvalue weighted by molar-refractivity contribution is 6.06. The molecular weight excluding hydrogens is 288 g/mol. The van der Waals surface area contributed by atoms with Crippen molar-refractivity contribution in [1.29, 1.82) is 0 Å². The minimum absolute atomic E-state index is 1.08. The van der Waals surface area contributed by atoms with Gasteiger partial charge in [-0.2, -0.15) is 0 Å². The van der Waals surface area contributed by atoms with Gasteiger partial charge in [-0.05, 0) is 69.3 Å². The summed E-state index contributed by atoms with van der Waals surface area (Å²) in [6, 6.07) is 26.6. The van der Waals surface area contributed by atoms with Gasteiger partial charge in [-0.1, -0.05) is 72.3 Å². The van der Waals surface area contributed by atoms with E-state index in [1.54, 1.807) is 0 Å². The van der Waals surface area contributed by atoms with Gasteiger partial charge in [0, 0.05) is 0 Å². The van der Waals surface area contributed by atoms with Gasteiger partial charge in [0.05, 0.1) is 0 Å². The summed E-state index contributed by atoms with van der Waals surface area (Å²) < 4.78 is 0. The van der Waals surface area contributed by atoms with Gasteiger partial charge in [-0.25, -0.2) is 0 Å². The van der Waals surface area contributed by atoms with Crippen molar-refractivity contribution in [3.8, 4) is 11.1 Å². The summed E-state index contributed by atoms with van der Waals surface area (Å²) in [6.07, 6.45) is 3.43. The lowest BCUT2D eigenvalue weighted by Gasteiger charge is -2.12. The third kappa shape index (κ3) is 2.00. The molecule has 0 aromatic heterocycles. The van der Waals surface area contributed by atoms with Crippen LogP contribution in [0, 0.1) is 0 Å². The molecular formula is C24H18. The number of hydrogen-bond acceptors (Lipinski definition) is 0. The van der Waals surface area contributed by atoms with Crippen LogP contribution in [0.3, 0.4) is 0 Å². The number of benzene rings is 4. The fourth-order valence-electron chi connectivity index (χ4n) is 3.97. The second kappa shape index (κ2) is 5.07. The van der Waals surface area contributed by atoms with Crippen LogP contribution < -0.4 is 0 Å². The lowest BCUT2D eigenvalue weighted by molar-refractivity contribution is 1.20. The summed E-state index contributed by atoms with van der Waals surface area (Å²) in [5, 5.41) is 5.25. The van der Waals surface area contributed by atoms with E-state index in [1.165, 1.54) is 49.4 Å². The lowest BCUT2D eigenvalue weighted by Crippen LogP contribution is -1.89. The van der Waals surface area contributed by atoms with Gasteiger partial charge >= 0.3 is 0 Å². The Hall–Kier alpha value is -2.86. The summed E-state index contributed by atoms with van der Waals surface area (Å²) in [4.78, 5) is 0. The van der Waals surface area contributed by atoms with E-state index in [0.717, 1.165) is 6.42 Å². The molecule has 1 aliphatic carbocycles. The van der Waals surface area contributed by atoms with E-state index in [4.69, 9.17) is 0 Å². The van der Waals surface area contributed by atoms with Crippen LogP contribution in [-0.2, 0) is 6.42 Å². The molecule has 0 heterocycles. The van der Waals surface area contributed by atoms with Crippen molar-refractivity contribution >= 4 is 27.6 Å². The van der Waals surface area contributed by atoms with Crippen LogP contribution in [-0.4, -0.2) is 0 Å². The molecule has 0 aliphatic heterocycles. The van der Waals surface area contributed by atoms with E-state index in [-0.39, 0.29) is 0 Å². The molecule has 4 aromatic carbocycles. The van der Waals surface area contributed by atoms with Crippen LogP contribution in [0.15, 0.2) is 78.4 Å². The zero-order chi connectivity index (χ0) is 16.1. The first-order valence-electron chi connectivity index (χ1n) is 8.50. The molecule has 0 bridgehead atoms. The minimum Gasteiger partial charge on any atom is -0.0683 e. The summed E-state index contributed by atoms with van der Waals surface area (Å²) in [7, 11) is 0. The van der Waals surface area contributed by atoms with Crippen LogP contribution in [0.5, 0.6) is 0 Å². The van der Waals surface area contributed by atoms with Crippen molar-refractivity contribution < 1.29 is 0 Å². The van der Waals surface area contributed by atoms with Crippen LogP contribution in [0.25, 0.3) is 38.7 Å². The quantitative estimate of drug-likeness (QED) is 0.347. The average molecular weight is 306 g/mol. The SMILES string of the molecule is CC1=Cc2c(cccc2-c2cccc3cc4ccccc4cc23)C1. The van der Waals surface area contributed by atoms with Crippen LogP contribution in [0.4, 0.5) is 0 Å². The molecule has 0 unspecified atom stereocenters. The van der Waals surface area contributed by atoms with Crippen molar-refractivity contribution in [2.24, 2.45) is 0 Å². The molecule has 1 aliphatic rings. The molecule has 4 aromatic rings. The molecule has 114 valence electrons. The molecule has 0 saturated heterocycles. The van der Waals surface area contributed by atoms with Crippen molar-refractivity contribution in [3.05, 3.63) is 89.5 Å². The standard InChI is InChI=1S/C24H18/c1-16-12-19-8-4-10-21(23(19)13-16)22-11-5-9-20-14-17-6-2-3-7-18(17)15-24(20)22/h2-11,13-15H,12H2,1H3. The molecule has 0 fully saturated rings. The maximum atomic E-state index is 2.35. The Kier molecular flexibility index (Phi) is 2.87. The van der Waals surface area contributed by atoms with Crippen molar-refractivity contribution in [2.45, 2.75) is 13.3 Å². The van der Waals surface area contributed by atoms with E-state index in [1.807, 2.05) is 0 Å². The molecule has 0 atom stereocenters. The molecule has 0 heteroatoms. The van der Waals surface area contributed by atoms with Gasteiger partial charge < -0.3 is 0 Å². The van der Waals surface area contributed by atoms with E-state index >= 15 is 0 Å². The average Bonchev–Trinajstić information content (AvgIpc) is 2.99. The second-order valence-corrected chi connectivity index (χ2v) is 6.77. The Labute approximate surface area is 142 Å². The highest BCUT2D eigenvalue weighted by Gasteiger charge is 2.15. The fourth-order valence-corrected chi connectivity index (χ4v) is 3.97. The van der Waals surface area contributed by atoms with Crippen molar-refractivity contribution in [3.63, 3.8) is 0 Å². The van der Waals surface area contributed by atoms with E-state index < -0.39 is 0 Å². The van der Waals surface area contributed by atoms with E-state index in [9.17, 15) is 0 Å². The number of rotatable bonds is 1. The maximum absolute atomic E-state index is 2.35.